The molecule has 3 heteroatoms. The van der Waals surface area contributed by atoms with E-state index in [1.807, 2.05) is 0 Å². The van der Waals surface area contributed by atoms with E-state index in [1.54, 1.807) is 0 Å². The highest BCUT2D eigenvalue weighted by atomic mass is 16.5. The summed E-state index contributed by atoms with van der Waals surface area (Å²) < 4.78 is 5.49. The third-order valence-electron chi connectivity index (χ3n) is 4.30. The van der Waals surface area contributed by atoms with Crippen LogP contribution in [0.4, 0.5) is 0 Å². The van der Waals surface area contributed by atoms with E-state index in [4.69, 9.17) is 4.74 Å². The molecule has 1 fully saturated rings. The molecule has 0 bridgehead atoms. The SMILES string of the molecule is CCCC1CNC(c2ccccc2)CN1CCCOCC. The lowest BCUT2D eigenvalue weighted by Crippen LogP contribution is -2.52. The molecule has 0 radical (unpaired) electrons. The van der Waals surface area contributed by atoms with Gasteiger partial charge in [0.25, 0.3) is 0 Å². The summed E-state index contributed by atoms with van der Waals surface area (Å²) in [5.74, 6) is 0. The largest absolute Gasteiger partial charge is 0.382 e. The van der Waals surface area contributed by atoms with Crippen LogP contribution in [0.3, 0.4) is 0 Å². The molecule has 0 amide bonds. The fourth-order valence-electron chi connectivity index (χ4n) is 3.17. The first kappa shape index (κ1) is 16.5. The third-order valence-corrected chi connectivity index (χ3v) is 4.30. The van der Waals surface area contributed by atoms with Gasteiger partial charge in [-0.25, -0.2) is 0 Å². The normalized spacial score (nSPS) is 23.3. The second kappa shape index (κ2) is 9.19. The number of ether oxygens (including phenoxy) is 1. The number of hydrogen-bond donors (Lipinski definition) is 1. The Morgan fingerprint density at radius 2 is 2.05 bits per heavy atom. The van der Waals surface area contributed by atoms with Crippen LogP contribution < -0.4 is 5.32 Å². The van der Waals surface area contributed by atoms with Gasteiger partial charge in [-0.05, 0) is 25.3 Å². The highest BCUT2D eigenvalue weighted by Crippen LogP contribution is 2.22. The number of nitrogens with one attached hydrogen (secondary N) is 1. The van der Waals surface area contributed by atoms with Gasteiger partial charge in [-0.1, -0.05) is 43.7 Å². The van der Waals surface area contributed by atoms with Gasteiger partial charge in [-0.2, -0.15) is 0 Å². The minimum Gasteiger partial charge on any atom is -0.382 e. The Kier molecular flexibility index (Phi) is 7.20. The molecule has 0 aromatic heterocycles. The van der Waals surface area contributed by atoms with Gasteiger partial charge in [0.1, 0.15) is 0 Å². The molecule has 0 saturated carbocycles. The second-order valence-corrected chi connectivity index (χ2v) is 5.86. The van der Waals surface area contributed by atoms with Crippen LogP contribution in [0, 0.1) is 0 Å². The number of piperazine rings is 1. The minimum absolute atomic E-state index is 0.464. The predicted octanol–water partition coefficient (Wildman–Crippen LogP) is 3.23. The molecule has 21 heavy (non-hydrogen) atoms. The van der Waals surface area contributed by atoms with Crippen LogP contribution in [0.15, 0.2) is 30.3 Å². The summed E-state index contributed by atoms with van der Waals surface area (Å²) in [6, 6.07) is 12.0. The molecule has 118 valence electrons. The zero-order valence-corrected chi connectivity index (χ0v) is 13.6. The number of nitrogens with zero attached hydrogens (tertiary/aromatic N) is 1. The van der Waals surface area contributed by atoms with Crippen LogP contribution in [-0.2, 0) is 4.74 Å². The van der Waals surface area contributed by atoms with Crippen molar-refractivity contribution in [3.8, 4) is 0 Å². The summed E-state index contributed by atoms with van der Waals surface area (Å²) >= 11 is 0. The summed E-state index contributed by atoms with van der Waals surface area (Å²) in [6.07, 6.45) is 3.67. The van der Waals surface area contributed by atoms with Gasteiger partial charge in [0.15, 0.2) is 0 Å². The molecule has 2 atom stereocenters. The van der Waals surface area contributed by atoms with Crippen molar-refractivity contribution in [3.63, 3.8) is 0 Å². The topological polar surface area (TPSA) is 24.5 Å². The number of hydrogen-bond acceptors (Lipinski definition) is 3. The quantitative estimate of drug-likeness (QED) is 0.744. The van der Waals surface area contributed by atoms with E-state index in [2.05, 4.69) is 54.4 Å². The summed E-state index contributed by atoms with van der Waals surface area (Å²) in [5.41, 5.74) is 1.40. The maximum absolute atomic E-state index is 5.49. The van der Waals surface area contributed by atoms with E-state index in [-0.39, 0.29) is 0 Å². The molecule has 1 N–H and O–H groups in total. The van der Waals surface area contributed by atoms with Crippen molar-refractivity contribution in [2.24, 2.45) is 0 Å². The first-order valence-corrected chi connectivity index (χ1v) is 8.45. The van der Waals surface area contributed by atoms with Gasteiger partial charge in [-0.3, -0.25) is 4.90 Å². The number of rotatable bonds is 8. The Balaban J connectivity index is 1.91. The number of benzene rings is 1. The van der Waals surface area contributed by atoms with Gasteiger partial charge in [0.05, 0.1) is 0 Å². The molecule has 2 unspecified atom stereocenters. The van der Waals surface area contributed by atoms with Gasteiger partial charge < -0.3 is 10.1 Å². The smallest absolute Gasteiger partial charge is 0.0478 e. The van der Waals surface area contributed by atoms with Gasteiger partial charge in [-0.15, -0.1) is 0 Å². The van der Waals surface area contributed by atoms with E-state index in [1.165, 1.54) is 18.4 Å². The van der Waals surface area contributed by atoms with E-state index < -0.39 is 0 Å². The van der Waals surface area contributed by atoms with Crippen LogP contribution in [0.25, 0.3) is 0 Å². The van der Waals surface area contributed by atoms with Crippen molar-refractivity contribution in [1.29, 1.82) is 0 Å². The van der Waals surface area contributed by atoms with Gasteiger partial charge in [0.2, 0.25) is 0 Å². The monoisotopic (exact) mass is 290 g/mol. The zero-order valence-electron chi connectivity index (χ0n) is 13.6. The van der Waals surface area contributed by atoms with Crippen LogP contribution in [0.2, 0.25) is 0 Å². The standard InChI is InChI=1S/C18H30N2O/c1-3-9-17-14-19-18(16-10-6-5-7-11-16)15-20(17)12-8-13-21-4-2/h5-7,10-11,17-19H,3-4,8-9,12-15H2,1-2H3. The summed E-state index contributed by atoms with van der Waals surface area (Å²) in [5, 5.41) is 3.73. The second-order valence-electron chi connectivity index (χ2n) is 5.86. The molecule has 1 saturated heterocycles. The van der Waals surface area contributed by atoms with Crippen LogP contribution in [0.1, 0.15) is 44.7 Å². The van der Waals surface area contributed by atoms with Crippen LogP contribution in [0.5, 0.6) is 0 Å². The highest BCUT2D eigenvalue weighted by molar-refractivity contribution is 5.20. The fraction of sp³-hybridized carbons (Fsp3) is 0.667. The first-order chi connectivity index (χ1) is 10.3. The van der Waals surface area contributed by atoms with Crippen molar-refractivity contribution in [2.75, 3.05) is 32.8 Å². The van der Waals surface area contributed by atoms with Crippen molar-refractivity contribution in [3.05, 3.63) is 35.9 Å². The third kappa shape index (κ3) is 5.10. The first-order valence-electron chi connectivity index (χ1n) is 8.45. The molecule has 1 aromatic carbocycles. The lowest BCUT2D eigenvalue weighted by molar-refractivity contribution is 0.0932. The minimum atomic E-state index is 0.464. The molecule has 1 aromatic rings. The summed E-state index contributed by atoms with van der Waals surface area (Å²) in [6.45, 7) is 9.41. The van der Waals surface area contributed by atoms with Gasteiger partial charge in [0, 0.05) is 44.9 Å². The van der Waals surface area contributed by atoms with Crippen LogP contribution >= 0.6 is 0 Å². The van der Waals surface area contributed by atoms with Gasteiger partial charge >= 0.3 is 0 Å². The molecular weight excluding hydrogens is 260 g/mol. The zero-order chi connectivity index (χ0) is 14.9. The van der Waals surface area contributed by atoms with E-state index in [0.717, 1.165) is 39.3 Å². The maximum atomic E-state index is 5.49. The average molecular weight is 290 g/mol. The average Bonchev–Trinajstić information content (AvgIpc) is 2.54. The molecule has 1 heterocycles. The molecular formula is C18H30N2O. The Bertz CT molecular complexity index is 382. The van der Waals surface area contributed by atoms with Crippen molar-refractivity contribution in [1.82, 2.24) is 10.2 Å². The molecule has 3 nitrogen and oxygen atoms in total. The summed E-state index contributed by atoms with van der Waals surface area (Å²) in [7, 11) is 0. The van der Waals surface area contributed by atoms with Crippen LogP contribution in [-0.4, -0.2) is 43.8 Å². The lowest BCUT2D eigenvalue weighted by Gasteiger charge is -2.40. The lowest BCUT2D eigenvalue weighted by atomic mass is 9.99. The molecule has 0 aliphatic carbocycles. The van der Waals surface area contributed by atoms with Crippen molar-refractivity contribution >= 4 is 0 Å². The Morgan fingerprint density at radius 3 is 2.76 bits per heavy atom. The molecule has 0 spiro atoms. The van der Waals surface area contributed by atoms with E-state index in [9.17, 15) is 0 Å². The van der Waals surface area contributed by atoms with E-state index >= 15 is 0 Å². The Labute approximate surface area is 129 Å². The van der Waals surface area contributed by atoms with Crippen molar-refractivity contribution < 1.29 is 4.74 Å². The molecule has 1 aliphatic heterocycles. The maximum Gasteiger partial charge on any atom is 0.0478 e. The summed E-state index contributed by atoms with van der Waals surface area (Å²) in [4.78, 5) is 2.66. The molecule has 1 aliphatic rings. The van der Waals surface area contributed by atoms with Crippen molar-refractivity contribution in [2.45, 2.75) is 45.2 Å². The molecule has 2 rings (SSSR count). The Morgan fingerprint density at radius 1 is 1.24 bits per heavy atom. The fourth-order valence-corrected chi connectivity index (χ4v) is 3.17. The predicted molar refractivity (Wildman–Crippen MR) is 88.6 cm³/mol. The highest BCUT2D eigenvalue weighted by Gasteiger charge is 2.27. The Hall–Kier alpha value is -0.900. The van der Waals surface area contributed by atoms with E-state index in [0.29, 0.717) is 12.1 Å².